The third-order valence-corrected chi connectivity index (χ3v) is 4.76. The molecule has 0 saturated carbocycles. The van der Waals surface area contributed by atoms with Gasteiger partial charge < -0.3 is 9.84 Å². The molecule has 1 aromatic rings. The SMILES string of the molecule is CCCC(C)(O)CNS(=O)(=O)c1cc(Br)ccc1OC. The number of aliphatic hydroxyl groups is 1. The van der Waals surface area contributed by atoms with Crippen LogP contribution in [0.25, 0.3) is 0 Å². The van der Waals surface area contributed by atoms with Crippen LogP contribution in [-0.2, 0) is 10.0 Å². The van der Waals surface area contributed by atoms with Crippen LogP contribution < -0.4 is 9.46 Å². The molecular weight excluding hydrogens is 346 g/mol. The molecule has 1 atom stereocenters. The monoisotopic (exact) mass is 365 g/mol. The van der Waals surface area contributed by atoms with Crippen LogP contribution in [0.5, 0.6) is 5.75 Å². The zero-order valence-corrected chi connectivity index (χ0v) is 14.2. The van der Waals surface area contributed by atoms with Crippen molar-refractivity contribution in [3.8, 4) is 5.75 Å². The van der Waals surface area contributed by atoms with Gasteiger partial charge in [-0.3, -0.25) is 0 Å². The first-order valence-electron chi connectivity index (χ1n) is 6.27. The number of methoxy groups -OCH3 is 1. The number of nitrogens with one attached hydrogen (secondary N) is 1. The molecule has 0 amide bonds. The molecule has 114 valence electrons. The van der Waals surface area contributed by atoms with E-state index in [1.54, 1.807) is 19.1 Å². The van der Waals surface area contributed by atoms with Crippen LogP contribution in [0.4, 0.5) is 0 Å². The van der Waals surface area contributed by atoms with Gasteiger partial charge in [0, 0.05) is 11.0 Å². The Morgan fingerprint density at radius 3 is 2.65 bits per heavy atom. The maximum atomic E-state index is 12.3. The van der Waals surface area contributed by atoms with Gasteiger partial charge in [0.1, 0.15) is 10.6 Å². The van der Waals surface area contributed by atoms with Crippen molar-refractivity contribution in [3.63, 3.8) is 0 Å². The Morgan fingerprint density at radius 2 is 2.10 bits per heavy atom. The zero-order valence-electron chi connectivity index (χ0n) is 11.8. The summed E-state index contributed by atoms with van der Waals surface area (Å²) in [5, 5.41) is 10.0. The Hall–Kier alpha value is -0.630. The molecule has 0 saturated heterocycles. The summed E-state index contributed by atoms with van der Waals surface area (Å²) in [6.07, 6.45) is 1.29. The summed E-state index contributed by atoms with van der Waals surface area (Å²) in [5.74, 6) is 0.260. The van der Waals surface area contributed by atoms with Crippen LogP contribution in [0.3, 0.4) is 0 Å². The molecule has 1 aromatic carbocycles. The first-order chi connectivity index (χ1) is 9.22. The smallest absolute Gasteiger partial charge is 0.244 e. The maximum absolute atomic E-state index is 12.3. The molecule has 7 heteroatoms. The zero-order chi connectivity index (χ0) is 15.4. The second kappa shape index (κ2) is 6.89. The van der Waals surface area contributed by atoms with E-state index in [9.17, 15) is 13.5 Å². The highest BCUT2D eigenvalue weighted by Crippen LogP contribution is 2.27. The van der Waals surface area contributed by atoms with E-state index in [1.165, 1.54) is 13.2 Å². The fraction of sp³-hybridized carbons (Fsp3) is 0.538. The summed E-state index contributed by atoms with van der Waals surface area (Å²) in [6, 6.07) is 4.74. The number of sulfonamides is 1. The lowest BCUT2D eigenvalue weighted by molar-refractivity contribution is 0.0554. The molecule has 0 aliphatic carbocycles. The topological polar surface area (TPSA) is 75.6 Å². The van der Waals surface area contributed by atoms with E-state index in [2.05, 4.69) is 20.7 Å². The fourth-order valence-corrected chi connectivity index (χ4v) is 3.68. The van der Waals surface area contributed by atoms with Crippen molar-refractivity contribution < 1.29 is 18.3 Å². The molecular formula is C13H20BrNO4S. The number of halogens is 1. The molecule has 20 heavy (non-hydrogen) atoms. The number of hydrogen-bond acceptors (Lipinski definition) is 4. The molecule has 0 bridgehead atoms. The molecule has 0 radical (unpaired) electrons. The quantitative estimate of drug-likeness (QED) is 0.777. The number of hydrogen-bond donors (Lipinski definition) is 2. The summed E-state index contributed by atoms with van der Waals surface area (Å²) in [4.78, 5) is 0.0432. The Morgan fingerprint density at radius 1 is 1.45 bits per heavy atom. The van der Waals surface area contributed by atoms with Gasteiger partial charge in [-0.2, -0.15) is 0 Å². The highest BCUT2D eigenvalue weighted by molar-refractivity contribution is 9.10. The van der Waals surface area contributed by atoms with Crippen molar-refractivity contribution >= 4 is 26.0 Å². The molecule has 5 nitrogen and oxygen atoms in total. The molecule has 1 rings (SSSR count). The van der Waals surface area contributed by atoms with E-state index in [-0.39, 0.29) is 17.2 Å². The van der Waals surface area contributed by atoms with Gasteiger partial charge in [-0.15, -0.1) is 0 Å². The van der Waals surface area contributed by atoms with E-state index in [4.69, 9.17) is 4.74 Å². The van der Waals surface area contributed by atoms with Crippen LogP contribution in [-0.4, -0.2) is 32.8 Å². The number of benzene rings is 1. The normalized spacial score (nSPS) is 14.8. The molecule has 2 N–H and O–H groups in total. The second-order valence-corrected chi connectivity index (χ2v) is 7.52. The third-order valence-electron chi connectivity index (χ3n) is 2.85. The van der Waals surface area contributed by atoms with Crippen molar-refractivity contribution in [1.82, 2.24) is 4.72 Å². The summed E-state index contributed by atoms with van der Waals surface area (Å²) >= 11 is 3.24. The minimum atomic E-state index is -3.74. The summed E-state index contributed by atoms with van der Waals surface area (Å²) < 4.78 is 32.7. The van der Waals surface area contributed by atoms with Crippen LogP contribution in [0.1, 0.15) is 26.7 Å². The van der Waals surface area contributed by atoms with Crippen molar-refractivity contribution in [2.75, 3.05) is 13.7 Å². The molecule has 0 heterocycles. The van der Waals surface area contributed by atoms with Crippen LogP contribution in [0.2, 0.25) is 0 Å². The van der Waals surface area contributed by atoms with Gasteiger partial charge in [-0.05, 0) is 31.5 Å². The van der Waals surface area contributed by atoms with Gasteiger partial charge in [0.2, 0.25) is 10.0 Å². The lowest BCUT2D eigenvalue weighted by Gasteiger charge is -2.23. The van der Waals surface area contributed by atoms with E-state index in [1.807, 2.05) is 6.92 Å². The van der Waals surface area contributed by atoms with Gasteiger partial charge in [0.05, 0.1) is 12.7 Å². The average Bonchev–Trinajstić information content (AvgIpc) is 2.37. The average molecular weight is 366 g/mol. The first-order valence-corrected chi connectivity index (χ1v) is 8.55. The van der Waals surface area contributed by atoms with E-state index in [0.717, 1.165) is 6.42 Å². The summed E-state index contributed by atoms with van der Waals surface area (Å²) in [7, 11) is -2.33. The molecule has 0 aliphatic heterocycles. The van der Waals surface area contributed by atoms with Crippen molar-refractivity contribution in [2.45, 2.75) is 37.2 Å². The summed E-state index contributed by atoms with van der Waals surface area (Å²) in [6.45, 7) is 3.50. The first kappa shape index (κ1) is 17.4. The Kier molecular flexibility index (Phi) is 6.00. The van der Waals surface area contributed by atoms with Crippen molar-refractivity contribution in [3.05, 3.63) is 22.7 Å². The predicted octanol–water partition coefficient (Wildman–Crippen LogP) is 2.29. The molecule has 0 aliphatic rings. The minimum absolute atomic E-state index is 0.0428. The van der Waals surface area contributed by atoms with Crippen LogP contribution >= 0.6 is 15.9 Å². The summed E-state index contributed by atoms with van der Waals surface area (Å²) in [5.41, 5.74) is -1.07. The molecule has 0 fully saturated rings. The number of ether oxygens (including phenoxy) is 1. The fourth-order valence-electron chi connectivity index (χ4n) is 1.82. The Balaban J connectivity index is 2.97. The lowest BCUT2D eigenvalue weighted by Crippen LogP contribution is -2.40. The van der Waals surface area contributed by atoms with Crippen LogP contribution in [0, 0.1) is 0 Å². The van der Waals surface area contributed by atoms with Crippen molar-refractivity contribution in [2.24, 2.45) is 0 Å². The van der Waals surface area contributed by atoms with Gasteiger partial charge in [-0.1, -0.05) is 29.3 Å². The maximum Gasteiger partial charge on any atom is 0.244 e. The predicted molar refractivity (Wildman–Crippen MR) is 81.4 cm³/mol. The highest BCUT2D eigenvalue weighted by Gasteiger charge is 2.25. The minimum Gasteiger partial charge on any atom is -0.495 e. The number of rotatable bonds is 7. The van der Waals surface area contributed by atoms with E-state index < -0.39 is 15.6 Å². The Bertz CT molecular complexity index is 557. The van der Waals surface area contributed by atoms with Crippen LogP contribution in [0.15, 0.2) is 27.6 Å². The van der Waals surface area contributed by atoms with E-state index >= 15 is 0 Å². The third kappa shape index (κ3) is 4.73. The standard InChI is InChI=1S/C13H20BrNO4S/c1-4-7-13(2,16)9-15-20(17,18)12-8-10(14)5-6-11(12)19-3/h5-6,8,15-16H,4,7,9H2,1-3H3. The van der Waals surface area contributed by atoms with Gasteiger partial charge in [0.15, 0.2) is 0 Å². The largest absolute Gasteiger partial charge is 0.495 e. The molecule has 0 aromatic heterocycles. The molecule has 1 unspecified atom stereocenters. The van der Waals surface area contributed by atoms with E-state index in [0.29, 0.717) is 10.9 Å². The van der Waals surface area contributed by atoms with Crippen molar-refractivity contribution in [1.29, 1.82) is 0 Å². The highest BCUT2D eigenvalue weighted by atomic mass is 79.9. The van der Waals surface area contributed by atoms with Gasteiger partial charge in [0.25, 0.3) is 0 Å². The van der Waals surface area contributed by atoms with Gasteiger partial charge >= 0.3 is 0 Å². The lowest BCUT2D eigenvalue weighted by atomic mass is 10.0. The van der Waals surface area contributed by atoms with Gasteiger partial charge in [-0.25, -0.2) is 13.1 Å². The second-order valence-electron chi connectivity index (χ2n) is 4.87. The molecule has 0 spiro atoms. The Labute approximate surface area is 128 Å².